The fraction of sp³-hybridized carbons (Fsp3) is 0.308. The summed E-state index contributed by atoms with van der Waals surface area (Å²) in [5.74, 6) is 1.22. The van der Waals surface area contributed by atoms with Crippen molar-refractivity contribution in [3.05, 3.63) is 83.0 Å². The van der Waals surface area contributed by atoms with E-state index in [0.717, 1.165) is 37.4 Å². The summed E-state index contributed by atoms with van der Waals surface area (Å²) in [5, 5.41) is 11.6. The number of carbonyl (C=O) groups excluding carboxylic acids is 2. The van der Waals surface area contributed by atoms with Gasteiger partial charge in [-0.1, -0.05) is 29.8 Å². The van der Waals surface area contributed by atoms with Gasteiger partial charge in [-0.3, -0.25) is 9.59 Å². The maximum atomic E-state index is 12.7. The quantitative estimate of drug-likeness (QED) is 0.597. The molecule has 3 aromatic rings. The fourth-order valence-corrected chi connectivity index (χ4v) is 4.79. The van der Waals surface area contributed by atoms with Crippen LogP contribution in [0.3, 0.4) is 0 Å². The van der Waals surface area contributed by atoms with Crippen LogP contribution in [0.25, 0.3) is 0 Å². The minimum atomic E-state index is -0.0527. The Balaban J connectivity index is 1.10. The first kappa shape index (κ1) is 22.3. The third-order valence-corrected chi connectivity index (χ3v) is 6.87. The van der Waals surface area contributed by atoms with Crippen LogP contribution in [0.2, 0.25) is 5.02 Å². The molecule has 2 aliphatic rings. The topological polar surface area (TPSA) is 78.4 Å². The molecule has 1 N–H and O–H groups in total. The number of amides is 2. The Morgan fingerprint density at radius 3 is 2.41 bits per heavy atom. The second-order valence-electron chi connectivity index (χ2n) is 8.87. The number of benzene rings is 2. The first-order valence-electron chi connectivity index (χ1n) is 11.5. The van der Waals surface area contributed by atoms with Crippen LogP contribution in [0.4, 0.5) is 11.5 Å². The van der Waals surface area contributed by atoms with Crippen LogP contribution < -0.4 is 10.2 Å². The number of rotatable bonds is 5. The minimum absolute atomic E-state index is 0.0285. The van der Waals surface area contributed by atoms with E-state index in [0.29, 0.717) is 29.6 Å². The molecule has 0 spiro atoms. The zero-order valence-electron chi connectivity index (χ0n) is 18.7. The summed E-state index contributed by atoms with van der Waals surface area (Å²) in [6.45, 7) is 2.74. The second-order valence-corrected chi connectivity index (χ2v) is 9.31. The molecule has 2 amide bonds. The molecule has 7 nitrogen and oxygen atoms in total. The molecule has 0 bridgehead atoms. The highest BCUT2D eigenvalue weighted by atomic mass is 35.5. The lowest BCUT2D eigenvalue weighted by Gasteiger charge is -2.38. The average molecular weight is 476 g/mol. The van der Waals surface area contributed by atoms with Crippen molar-refractivity contribution in [2.24, 2.45) is 5.92 Å². The van der Waals surface area contributed by atoms with E-state index in [4.69, 9.17) is 11.6 Å². The number of likely N-dealkylation sites (tertiary alicyclic amines) is 1. The van der Waals surface area contributed by atoms with Crippen molar-refractivity contribution in [2.75, 3.05) is 36.4 Å². The zero-order valence-corrected chi connectivity index (χ0v) is 19.5. The van der Waals surface area contributed by atoms with Crippen molar-refractivity contribution in [3.8, 4) is 0 Å². The van der Waals surface area contributed by atoms with Gasteiger partial charge in [-0.05, 0) is 66.8 Å². The number of halogens is 1. The molecule has 34 heavy (non-hydrogen) atoms. The molecular weight excluding hydrogens is 450 g/mol. The summed E-state index contributed by atoms with van der Waals surface area (Å²) in [4.78, 5) is 29.3. The lowest BCUT2D eigenvalue weighted by molar-refractivity contribution is -0.120. The fourth-order valence-electron chi connectivity index (χ4n) is 4.60. The van der Waals surface area contributed by atoms with Crippen LogP contribution in [-0.4, -0.2) is 53.1 Å². The number of aromatic nitrogens is 2. The van der Waals surface area contributed by atoms with Crippen molar-refractivity contribution in [1.29, 1.82) is 0 Å². The van der Waals surface area contributed by atoms with E-state index < -0.39 is 0 Å². The predicted molar refractivity (Wildman–Crippen MR) is 132 cm³/mol. The number of anilines is 2. The Morgan fingerprint density at radius 2 is 1.74 bits per heavy atom. The smallest absolute Gasteiger partial charge is 0.253 e. The molecule has 0 unspecified atom stereocenters. The molecular formula is C26H26ClN5O2. The van der Waals surface area contributed by atoms with Gasteiger partial charge < -0.3 is 15.1 Å². The molecule has 2 aromatic carbocycles. The van der Waals surface area contributed by atoms with Crippen molar-refractivity contribution in [2.45, 2.75) is 18.8 Å². The molecule has 3 heterocycles. The van der Waals surface area contributed by atoms with Crippen molar-refractivity contribution >= 4 is 34.9 Å². The van der Waals surface area contributed by atoms with E-state index in [9.17, 15) is 9.59 Å². The van der Waals surface area contributed by atoms with E-state index >= 15 is 0 Å². The number of piperidine rings is 1. The van der Waals surface area contributed by atoms with Gasteiger partial charge >= 0.3 is 0 Å². The first-order chi connectivity index (χ1) is 16.6. The number of hydrogen-bond acceptors (Lipinski definition) is 5. The Kier molecular flexibility index (Phi) is 6.45. The number of hydrogen-bond donors (Lipinski definition) is 1. The summed E-state index contributed by atoms with van der Waals surface area (Å²) in [5.41, 5.74) is 2.68. The van der Waals surface area contributed by atoms with Gasteiger partial charge in [0.1, 0.15) is 0 Å². The summed E-state index contributed by atoms with van der Waals surface area (Å²) in [6.07, 6.45) is 3.47. The van der Waals surface area contributed by atoms with Crippen molar-refractivity contribution in [1.82, 2.24) is 15.1 Å². The standard InChI is InChI=1S/C26H26ClN5O2/c27-22-4-1-3-20(15-22)26(34)31-13-10-19(11-14-31)18-6-8-23(9-7-18)29-25(33)21-16-32(17-21)24-5-2-12-28-30-24/h1-9,12,15,19,21H,10-11,13-14,16-17H2,(H,29,33). The van der Waals surface area contributed by atoms with E-state index in [-0.39, 0.29) is 17.7 Å². The third kappa shape index (κ3) is 4.89. The number of nitrogens with zero attached hydrogens (tertiary/aromatic N) is 4. The Bertz CT molecular complexity index is 1160. The monoisotopic (exact) mass is 475 g/mol. The molecule has 174 valence electrons. The van der Waals surface area contributed by atoms with Gasteiger partial charge in [0, 0.05) is 48.6 Å². The molecule has 5 rings (SSSR count). The first-order valence-corrected chi connectivity index (χ1v) is 11.9. The van der Waals surface area contributed by atoms with E-state index in [1.54, 1.807) is 18.3 Å². The van der Waals surface area contributed by atoms with E-state index in [2.05, 4.69) is 27.6 Å². The summed E-state index contributed by atoms with van der Waals surface area (Å²) in [7, 11) is 0. The lowest BCUT2D eigenvalue weighted by Crippen LogP contribution is -2.52. The molecule has 0 radical (unpaired) electrons. The Hall–Kier alpha value is -3.45. The summed E-state index contributed by atoms with van der Waals surface area (Å²) < 4.78 is 0. The summed E-state index contributed by atoms with van der Waals surface area (Å²) >= 11 is 6.03. The molecule has 0 aliphatic carbocycles. The van der Waals surface area contributed by atoms with Gasteiger partial charge in [-0.15, -0.1) is 5.10 Å². The van der Waals surface area contributed by atoms with Crippen molar-refractivity contribution < 1.29 is 9.59 Å². The summed E-state index contributed by atoms with van der Waals surface area (Å²) in [6, 6.07) is 19.0. The molecule has 0 saturated carbocycles. The Morgan fingerprint density at radius 1 is 0.971 bits per heavy atom. The number of nitrogens with one attached hydrogen (secondary N) is 1. The molecule has 2 saturated heterocycles. The van der Waals surface area contributed by atoms with E-state index in [1.807, 2.05) is 46.2 Å². The van der Waals surface area contributed by atoms with Gasteiger partial charge in [0.2, 0.25) is 5.91 Å². The zero-order chi connectivity index (χ0) is 23.5. The predicted octanol–water partition coefficient (Wildman–Crippen LogP) is 4.22. The normalized spacial score (nSPS) is 16.7. The van der Waals surface area contributed by atoms with Gasteiger partial charge in [-0.2, -0.15) is 5.10 Å². The van der Waals surface area contributed by atoms with Gasteiger partial charge in [0.15, 0.2) is 5.82 Å². The maximum Gasteiger partial charge on any atom is 0.253 e. The molecule has 8 heteroatoms. The SMILES string of the molecule is O=C(Nc1ccc(C2CCN(C(=O)c3cccc(Cl)c3)CC2)cc1)C1CN(c2cccnn2)C1. The largest absolute Gasteiger partial charge is 0.353 e. The minimum Gasteiger partial charge on any atom is -0.353 e. The molecule has 2 aliphatic heterocycles. The lowest BCUT2D eigenvalue weighted by atomic mass is 9.89. The third-order valence-electron chi connectivity index (χ3n) is 6.64. The highest BCUT2D eigenvalue weighted by molar-refractivity contribution is 6.30. The highest BCUT2D eigenvalue weighted by Crippen LogP contribution is 2.30. The van der Waals surface area contributed by atoms with Gasteiger partial charge in [-0.25, -0.2) is 0 Å². The van der Waals surface area contributed by atoms with Crippen LogP contribution in [0.5, 0.6) is 0 Å². The Labute approximate surface area is 203 Å². The second kappa shape index (κ2) is 9.81. The average Bonchev–Trinajstić information content (AvgIpc) is 2.84. The molecule has 0 atom stereocenters. The number of carbonyl (C=O) groups is 2. The van der Waals surface area contributed by atoms with E-state index in [1.165, 1.54) is 5.56 Å². The highest BCUT2D eigenvalue weighted by Gasteiger charge is 2.33. The van der Waals surface area contributed by atoms with Crippen LogP contribution in [0.15, 0.2) is 66.9 Å². The van der Waals surface area contributed by atoms with Crippen LogP contribution in [0, 0.1) is 5.92 Å². The maximum absolute atomic E-state index is 12.7. The van der Waals surface area contributed by atoms with Gasteiger partial charge in [0.25, 0.3) is 5.91 Å². The molecule has 2 fully saturated rings. The molecule has 1 aromatic heterocycles. The van der Waals surface area contributed by atoms with Crippen LogP contribution >= 0.6 is 11.6 Å². The van der Waals surface area contributed by atoms with Crippen LogP contribution in [-0.2, 0) is 4.79 Å². The van der Waals surface area contributed by atoms with Crippen LogP contribution in [0.1, 0.15) is 34.7 Å². The van der Waals surface area contributed by atoms with Gasteiger partial charge in [0.05, 0.1) is 5.92 Å². The van der Waals surface area contributed by atoms with Crippen molar-refractivity contribution in [3.63, 3.8) is 0 Å².